The molecule has 0 heterocycles. The Balaban J connectivity index is 1.79. The zero-order valence-electron chi connectivity index (χ0n) is 12.7. The molecule has 4 nitrogen and oxygen atoms in total. The Morgan fingerprint density at radius 2 is 1.45 bits per heavy atom. The van der Waals surface area contributed by atoms with Gasteiger partial charge in [0.05, 0.1) is 12.2 Å². The van der Waals surface area contributed by atoms with Crippen molar-refractivity contribution in [1.29, 1.82) is 0 Å². The van der Waals surface area contributed by atoms with Crippen LogP contribution in [0.1, 0.15) is 34.0 Å². The lowest BCUT2D eigenvalue weighted by atomic mass is 10.1. The van der Waals surface area contributed by atoms with Crippen LogP contribution in [0.3, 0.4) is 0 Å². The molecule has 2 rings (SSSR count). The molecule has 0 atom stereocenters. The highest BCUT2D eigenvalue weighted by Gasteiger charge is 2.01. The van der Waals surface area contributed by atoms with Crippen LogP contribution in [0.4, 0.5) is 0 Å². The van der Waals surface area contributed by atoms with Crippen LogP contribution in [0, 0.1) is 0 Å². The van der Waals surface area contributed by atoms with Crippen molar-refractivity contribution in [3.8, 4) is 0 Å². The van der Waals surface area contributed by atoms with Crippen molar-refractivity contribution in [2.45, 2.75) is 26.6 Å². The predicted molar refractivity (Wildman–Crippen MR) is 85.7 cm³/mol. The van der Waals surface area contributed by atoms with E-state index in [9.17, 15) is 4.79 Å². The molecule has 0 saturated heterocycles. The molecule has 0 aliphatic rings. The van der Waals surface area contributed by atoms with E-state index in [0.29, 0.717) is 18.7 Å². The Morgan fingerprint density at radius 1 is 0.955 bits per heavy atom. The Kier molecular flexibility index (Phi) is 6.13. The molecule has 116 valence electrons. The number of aromatic carboxylic acids is 1. The minimum Gasteiger partial charge on any atom is -0.478 e. The molecule has 0 aromatic heterocycles. The van der Waals surface area contributed by atoms with Gasteiger partial charge in [0.2, 0.25) is 0 Å². The van der Waals surface area contributed by atoms with Gasteiger partial charge in [-0.15, -0.1) is 0 Å². The van der Waals surface area contributed by atoms with Gasteiger partial charge in [-0.05, 0) is 35.7 Å². The maximum Gasteiger partial charge on any atom is 0.335 e. The lowest BCUT2D eigenvalue weighted by molar-refractivity contribution is 0.0697. The van der Waals surface area contributed by atoms with Crippen molar-refractivity contribution in [1.82, 2.24) is 5.32 Å². The third-order valence-corrected chi connectivity index (χ3v) is 3.35. The van der Waals surface area contributed by atoms with Gasteiger partial charge in [0.1, 0.15) is 0 Å². The molecule has 0 unspecified atom stereocenters. The van der Waals surface area contributed by atoms with E-state index in [1.54, 1.807) is 12.1 Å². The van der Waals surface area contributed by atoms with E-state index in [1.165, 1.54) is 11.1 Å². The van der Waals surface area contributed by atoms with Crippen LogP contribution in [-0.4, -0.2) is 17.7 Å². The van der Waals surface area contributed by atoms with Gasteiger partial charge in [0, 0.05) is 19.7 Å². The summed E-state index contributed by atoms with van der Waals surface area (Å²) in [6.07, 6.45) is 0. The lowest BCUT2D eigenvalue weighted by Crippen LogP contribution is -2.12. The molecule has 0 aliphatic carbocycles. The average molecular weight is 299 g/mol. The van der Waals surface area contributed by atoms with E-state index in [4.69, 9.17) is 9.84 Å². The molecule has 2 aromatic carbocycles. The molecule has 0 aliphatic heterocycles. The fraction of sp³-hybridized carbons (Fsp3) is 0.278. The molecule has 0 radical (unpaired) electrons. The van der Waals surface area contributed by atoms with Gasteiger partial charge >= 0.3 is 5.97 Å². The highest BCUT2D eigenvalue weighted by molar-refractivity contribution is 5.87. The van der Waals surface area contributed by atoms with E-state index >= 15 is 0 Å². The van der Waals surface area contributed by atoms with Crippen LogP contribution in [-0.2, 0) is 24.4 Å². The summed E-state index contributed by atoms with van der Waals surface area (Å²) in [5, 5.41) is 12.2. The van der Waals surface area contributed by atoms with Crippen LogP contribution in [0.15, 0.2) is 48.5 Å². The number of carboxylic acid groups (broad SMARTS) is 1. The number of hydrogen-bond donors (Lipinski definition) is 2. The SMILES string of the molecule is CCOCc1ccc(CNCc2ccc(C(=O)O)cc2)cc1. The molecule has 0 bridgehead atoms. The lowest BCUT2D eigenvalue weighted by Gasteiger charge is -2.07. The standard InChI is InChI=1S/C18H21NO3/c1-2-22-13-16-5-3-14(4-6-16)11-19-12-15-7-9-17(10-8-15)18(20)21/h3-10,19H,2,11-13H2,1H3,(H,20,21). The molecule has 0 amide bonds. The second-order valence-corrected chi connectivity index (χ2v) is 5.06. The maximum absolute atomic E-state index is 10.8. The quantitative estimate of drug-likeness (QED) is 0.786. The van der Waals surface area contributed by atoms with Gasteiger partial charge < -0.3 is 15.2 Å². The smallest absolute Gasteiger partial charge is 0.335 e. The fourth-order valence-electron chi connectivity index (χ4n) is 2.09. The molecule has 4 heteroatoms. The Labute approximate surface area is 130 Å². The monoisotopic (exact) mass is 299 g/mol. The summed E-state index contributed by atoms with van der Waals surface area (Å²) in [6.45, 7) is 4.85. The number of carboxylic acids is 1. The molecule has 0 fully saturated rings. The maximum atomic E-state index is 10.8. The Morgan fingerprint density at radius 3 is 1.95 bits per heavy atom. The van der Waals surface area contributed by atoms with E-state index in [1.807, 2.05) is 19.1 Å². The highest BCUT2D eigenvalue weighted by atomic mass is 16.5. The molecule has 0 saturated carbocycles. The zero-order valence-corrected chi connectivity index (χ0v) is 12.7. The van der Waals surface area contributed by atoms with Crippen molar-refractivity contribution in [2.24, 2.45) is 0 Å². The van der Waals surface area contributed by atoms with Crippen LogP contribution in [0.2, 0.25) is 0 Å². The van der Waals surface area contributed by atoms with E-state index in [-0.39, 0.29) is 0 Å². The van der Waals surface area contributed by atoms with Gasteiger partial charge in [-0.25, -0.2) is 4.79 Å². The largest absolute Gasteiger partial charge is 0.478 e. The molecule has 2 aromatic rings. The average Bonchev–Trinajstić information content (AvgIpc) is 2.54. The molecule has 22 heavy (non-hydrogen) atoms. The van der Waals surface area contributed by atoms with E-state index in [2.05, 4.69) is 29.6 Å². The summed E-state index contributed by atoms with van der Waals surface area (Å²) in [4.78, 5) is 10.8. The molecular weight excluding hydrogens is 278 g/mol. The Bertz CT molecular complexity index is 591. The van der Waals surface area contributed by atoms with E-state index < -0.39 is 5.97 Å². The second kappa shape index (κ2) is 8.32. The van der Waals surface area contributed by atoms with Crippen LogP contribution < -0.4 is 5.32 Å². The fourth-order valence-corrected chi connectivity index (χ4v) is 2.09. The number of rotatable bonds is 8. The van der Waals surface area contributed by atoms with Crippen molar-refractivity contribution >= 4 is 5.97 Å². The zero-order chi connectivity index (χ0) is 15.8. The first-order valence-corrected chi connectivity index (χ1v) is 7.37. The van der Waals surface area contributed by atoms with Crippen LogP contribution in [0.5, 0.6) is 0 Å². The molecule has 2 N–H and O–H groups in total. The van der Waals surface area contributed by atoms with E-state index in [0.717, 1.165) is 18.7 Å². The summed E-state index contributed by atoms with van der Waals surface area (Å²) < 4.78 is 5.37. The van der Waals surface area contributed by atoms with Crippen molar-refractivity contribution in [2.75, 3.05) is 6.61 Å². The minimum absolute atomic E-state index is 0.314. The highest BCUT2D eigenvalue weighted by Crippen LogP contribution is 2.07. The van der Waals surface area contributed by atoms with Crippen LogP contribution in [0.25, 0.3) is 0 Å². The van der Waals surface area contributed by atoms with Gasteiger partial charge in [0.25, 0.3) is 0 Å². The number of carbonyl (C=O) groups is 1. The summed E-state index contributed by atoms with van der Waals surface area (Å²) in [5.74, 6) is -0.897. The molecular formula is C18H21NO3. The first-order chi connectivity index (χ1) is 10.7. The topological polar surface area (TPSA) is 58.6 Å². The second-order valence-electron chi connectivity index (χ2n) is 5.06. The normalized spacial score (nSPS) is 10.6. The van der Waals surface area contributed by atoms with Gasteiger partial charge in [-0.3, -0.25) is 0 Å². The minimum atomic E-state index is -0.897. The van der Waals surface area contributed by atoms with Gasteiger partial charge in [0.15, 0.2) is 0 Å². The number of ether oxygens (including phenoxy) is 1. The summed E-state index contributed by atoms with van der Waals surface area (Å²) >= 11 is 0. The first-order valence-electron chi connectivity index (χ1n) is 7.37. The third-order valence-electron chi connectivity index (χ3n) is 3.35. The number of nitrogens with one attached hydrogen (secondary N) is 1. The summed E-state index contributed by atoms with van der Waals surface area (Å²) in [6, 6.07) is 15.3. The summed E-state index contributed by atoms with van der Waals surface area (Å²) in [5.41, 5.74) is 3.77. The number of benzene rings is 2. The van der Waals surface area contributed by atoms with Gasteiger partial charge in [-0.2, -0.15) is 0 Å². The van der Waals surface area contributed by atoms with Crippen molar-refractivity contribution in [3.05, 3.63) is 70.8 Å². The predicted octanol–water partition coefficient (Wildman–Crippen LogP) is 3.21. The third kappa shape index (κ3) is 4.98. The van der Waals surface area contributed by atoms with Gasteiger partial charge in [-0.1, -0.05) is 36.4 Å². The van der Waals surface area contributed by atoms with Crippen LogP contribution >= 0.6 is 0 Å². The number of hydrogen-bond acceptors (Lipinski definition) is 3. The molecule has 0 spiro atoms. The van der Waals surface area contributed by atoms with Crippen molar-refractivity contribution in [3.63, 3.8) is 0 Å². The first kappa shape index (κ1) is 16.2. The van der Waals surface area contributed by atoms with Crippen molar-refractivity contribution < 1.29 is 14.6 Å². The summed E-state index contributed by atoms with van der Waals surface area (Å²) in [7, 11) is 0. The Hall–Kier alpha value is -2.17.